The molecule has 0 aliphatic heterocycles. The lowest BCUT2D eigenvalue weighted by Crippen LogP contribution is -2.22. The number of rotatable bonds is 5. The summed E-state index contributed by atoms with van der Waals surface area (Å²) in [7, 11) is 0. The fourth-order valence-corrected chi connectivity index (χ4v) is 2.10. The van der Waals surface area contributed by atoms with Crippen molar-refractivity contribution in [2.45, 2.75) is 20.8 Å². The van der Waals surface area contributed by atoms with Gasteiger partial charge >= 0.3 is 0 Å². The Hall–Kier alpha value is -2.36. The maximum atomic E-state index is 12.1. The number of aryl methyl sites for hydroxylation is 1. The Morgan fingerprint density at radius 1 is 1.10 bits per heavy atom. The van der Waals surface area contributed by atoms with Gasteiger partial charge in [0.05, 0.1) is 11.9 Å². The monoisotopic (exact) mass is 283 g/mol. The highest BCUT2D eigenvalue weighted by molar-refractivity contribution is 6.04. The van der Waals surface area contributed by atoms with Crippen molar-refractivity contribution in [3.05, 3.63) is 53.7 Å². The molecule has 0 radical (unpaired) electrons. The van der Waals surface area contributed by atoms with Crippen LogP contribution in [0.4, 0.5) is 11.5 Å². The van der Waals surface area contributed by atoms with Gasteiger partial charge in [-0.25, -0.2) is 4.98 Å². The van der Waals surface area contributed by atoms with Gasteiger partial charge in [-0.2, -0.15) is 0 Å². The van der Waals surface area contributed by atoms with Gasteiger partial charge in [-0.15, -0.1) is 0 Å². The third-order valence-electron chi connectivity index (χ3n) is 3.41. The van der Waals surface area contributed by atoms with Gasteiger partial charge in [-0.05, 0) is 45.0 Å². The average Bonchev–Trinajstić information content (AvgIpc) is 2.51. The number of nitrogens with zero attached hydrogens (tertiary/aromatic N) is 2. The predicted octanol–water partition coefficient (Wildman–Crippen LogP) is 3.49. The van der Waals surface area contributed by atoms with E-state index in [1.54, 1.807) is 6.20 Å². The third-order valence-corrected chi connectivity index (χ3v) is 3.41. The van der Waals surface area contributed by atoms with Crippen molar-refractivity contribution in [2.75, 3.05) is 23.3 Å². The van der Waals surface area contributed by atoms with Gasteiger partial charge in [0.15, 0.2) is 0 Å². The zero-order valence-corrected chi connectivity index (χ0v) is 12.8. The first kappa shape index (κ1) is 15.0. The van der Waals surface area contributed by atoms with Crippen LogP contribution in [-0.2, 0) is 0 Å². The van der Waals surface area contributed by atoms with E-state index in [9.17, 15) is 4.79 Å². The minimum Gasteiger partial charge on any atom is -0.357 e. The van der Waals surface area contributed by atoms with Gasteiger partial charge in [-0.1, -0.05) is 17.7 Å². The second kappa shape index (κ2) is 6.88. The first-order valence-corrected chi connectivity index (χ1v) is 7.23. The Labute approximate surface area is 125 Å². The summed E-state index contributed by atoms with van der Waals surface area (Å²) < 4.78 is 0. The summed E-state index contributed by atoms with van der Waals surface area (Å²) in [6.07, 6.45) is 1.69. The normalized spacial score (nSPS) is 10.2. The fourth-order valence-electron chi connectivity index (χ4n) is 2.10. The highest BCUT2D eigenvalue weighted by atomic mass is 16.1. The largest absolute Gasteiger partial charge is 0.357 e. The molecule has 110 valence electrons. The van der Waals surface area contributed by atoms with Gasteiger partial charge in [0.1, 0.15) is 5.82 Å². The predicted molar refractivity (Wildman–Crippen MR) is 86.9 cm³/mol. The molecule has 1 N–H and O–H groups in total. The van der Waals surface area contributed by atoms with Gasteiger partial charge in [0.2, 0.25) is 0 Å². The first-order valence-electron chi connectivity index (χ1n) is 7.23. The van der Waals surface area contributed by atoms with E-state index in [0.717, 1.165) is 24.5 Å². The van der Waals surface area contributed by atoms with Gasteiger partial charge in [0, 0.05) is 18.7 Å². The van der Waals surface area contributed by atoms with Crippen molar-refractivity contribution < 1.29 is 4.79 Å². The van der Waals surface area contributed by atoms with Gasteiger partial charge < -0.3 is 10.2 Å². The Morgan fingerprint density at radius 3 is 2.29 bits per heavy atom. The molecule has 1 amide bonds. The van der Waals surface area contributed by atoms with Crippen LogP contribution in [-0.4, -0.2) is 24.0 Å². The van der Waals surface area contributed by atoms with Crippen LogP contribution < -0.4 is 10.2 Å². The maximum absolute atomic E-state index is 12.1. The summed E-state index contributed by atoms with van der Waals surface area (Å²) in [5.74, 6) is 0.806. The average molecular weight is 283 g/mol. The van der Waals surface area contributed by atoms with E-state index in [0.29, 0.717) is 11.3 Å². The van der Waals surface area contributed by atoms with Crippen molar-refractivity contribution in [1.29, 1.82) is 0 Å². The highest BCUT2D eigenvalue weighted by Gasteiger charge is 2.07. The highest BCUT2D eigenvalue weighted by Crippen LogP contribution is 2.15. The lowest BCUT2D eigenvalue weighted by atomic mass is 10.1. The lowest BCUT2D eigenvalue weighted by molar-refractivity contribution is 0.102. The molecule has 0 aliphatic rings. The van der Waals surface area contributed by atoms with Crippen LogP contribution in [0.1, 0.15) is 29.8 Å². The molecular weight excluding hydrogens is 262 g/mol. The number of hydrogen-bond donors (Lipinski definition) is 1. The van der Waals surface area contributed by atoms with Crippen LogP contribution >= 0.6 is 0 Å². The number of hydrogen-bond acceptors (Lipinski definition) is 3. The van der Waals surface area contributed by atoms with Gasteiger partial charge in [-0.3, -0.25) is 4.79 Å². The summed E-state index contributed by atoms with van der Waals surface area (Å²) in [5, 5.41) is 2.86. The van der Waals surface area contributed by atoms with E-state index in [1.807, 2.05) is 43.3 Å². The SMILES string of the molecule is CCN(CC)c1ccc(NC(=O)c2ccc(C)cc2)cn1. The van der Waals surface area contributed by atoms with E-state index in [1.165, 1.54) is 0 Å². The molecule has 0 saturated heterocycles. The Bertz CT molecular complexity index is 586. The molecule has 2 aromatic rings. The zero-order chi connectivity index (χ0) is 15.2. The molecule has 4 nitrogen and oxygen atoms in total. The quantitative estimate of drug-likeness (QED) is 0.913. The number of carbonyl (C=O) groups excluding carboxylic acids is 1. The minimum atomic E-state index is -0.118. The number of amides is 1. The molecule has 1 aromatic carbocycles. The van der Waals surface area contributed by atoms with Crippen LogP contribution in [0.25, 0.3) is 0 Å². The molecule has 0 unspecified atom stereocenters. The van der Waals surface area contributed by atoms with Crippen LogP contribution in [0.5, 0.6) is 0 Å². The topological polar surface area (TPSA) is 45.2 Å². The molecule has 0 atom stereocenters. The Kier molecular flexibility index (Phi) is 4.93. The van der Waals surface area contributed by atoms with Crippen molar-refractivity contribution in [3.63, 3.8) is 0 Å². The third kappa shape index (κ3) is 3.81. The molecule has 0 bridgehead atoms. The molecule has 1 aromatic heterocycles. The number of nitrogens with one attached hydrogen (secondary N) is 1. The Balaban J connectivity index is 2.06. The maximum Gasteiger partial charge on any atom is 0.255 e. The molecule has 0 aliphatic carbocycles. The number of pyridine rings is 1. The second-order valence-electron chi connectivity index (χ2n) is 4.90. The van der Waals surface area contributed by atoms with Crippen LogP contribution in [0, 0.1) is 6.92 Å². The zero-order valence-electron chi connectivity index (χ0n) is 12.8. The van der Waals surface area contributed by atoms with Crippen molar-refractivity contribution in [3.8, 4) is 0 Å². The summed E-state index contributed by atoms with van der Waals surface area (Å²) >= 11 is 0. The molecule has 21 heavy (non-hydrogen) atoms. The molecule has 1 heterocycles. The lowest BCUT2D eigenvalue weighted by Gasteiger charge is -2.19. The molecule has 2 rings (SSSR count). The second-order valence-corrected chi connectivity index (χ2v) is 4.90. The number of aromatic nitrogens is 1. The van der Waals surface area contributed by atoms with Crippen LogP contribution in [0.15, 0.2) is 42.6 Å². The van der Waals surface area contributed by atoms with Crippen LogP contribution in [0.2, 0.25) is 0 Å². The molecule has 4 heteroatoms. The smallest absolute Gasteiger partial charge is 0.255 e. The number of anilines is 2. The summed E-state index contributed by atoms with van der Waals surface area (Å²) in [6, 6.07) is 11.3. The van der Waals surface area contributed by atoms with Crippen molar-refractivity contribution in [2.24, 2.45) is 0 Å². The van der Waals surface area contributed by atoms with E-state index >= 15 is 0 Å². The number of benzene rings is 1. The number of carbonyl (C=O) groups is 1. The summed E-state index contributed by atoms with van der Waals surface area (Å²) in [5.41, 5.74) is 2.49. The minimum absolute atomic E-state index is 0.118. The summed E-state index contributed by atoms with van der Waals surface area (Å²) in [6.45, 7) is 8.02. The van der Waals surface area contributed by atoms with Crippen molar-refractivity contribution in [1.82, 2.24) is 4.98 Å². The molecule has 0 saturated carbocycles. The standard InChI is InChI=1S/C17H21N3O/c1-4-20(5-2)16-11-10-15(12-18-16)19-17(21)14-8-6-13(3)7-9-14/h6-12H,4-5H2,1-3H3,(H,19,21). The first-order chi connectivity index (χ1) is 10.1. The van der Waals surface area contributed by atoms with Gasteiger partial charge in [0.25, 0.3) is 5.91 Å². The molecule has 0 spiro atoms. The van der Waals surface area contributed by atoms with Crippen LogP contribution in [0.3, 0.4) is 0 Å². The van der Waals surface area contributed by atoms with E-state index in [-0.39, 0.29) is 5.91 Å². The van der Waals surface area contributed by atoms with E-state index in [2.05, 4.69) is 29.0 Å². The fraction of sp³-hybridized carbons (Fsp3) is 0.294. The summed E-state index contributed by atoms with van der Waals surface area (Å²) in [4.78, 5) is 18.7. The Morgan fingerprint density at radius 2 is 1.76 bits per heavy atom. The molecular formula is C17H21N3O. The van der Waals surface area contributed by atoms with E-state index in [4.69, 9.17) is 0 Å². The van der Waals surface area contributed by atoms with Crippen molar-refractivity contribution >= 4 is 17.4 Å². The molecule has 0 fully saturated rings. The van der Waals surface area contributed by atoms with E-state index < -0.39 is 0 Å².